The Labute approximate surface area is 122 Å². The molecular formula is C14H18ClF2NO2. The Morgan fingerprint density at radius 1 is 1.35 bits per heavy atom. The summed E-state index contributed by atoms with van der Waals surface area (Å²) in [5, 5.41) is 2.47. The van der Waals surface area contributed by atoms with Crippen molar-refractivity contribution >= 4 is 17.5 Å². The van der Waals surface area contributed by atoms with Gasteiger partial charge < -0.3 is 10.1 Å². The first-order chi connectivity index (χ1) is 9.41. The maximum absolute atomic E-state index is 13.1. The van der Waals surface area contributed by atoms with Crippen molar-refractivity contribution in [3.8, 4) is 0 Å². The van der Waals surface area contributed by atoms with Crippen LogP contribution in [0, 0.1) is 17.6 Å². The summed E-state index contributed by atoms with van der Waals surface area (Å²) < 4.78 is 31.3. The van der Waals surface area contributed by atoms with Crippen molar-refractivity contribution in [3.05, 3.63) is 34.4 Å². The molecule has 6 heteroatoms. The average molecular weight is 306 g/mol. The number of benzene rings is 1. The Balaban J connectivity index is 2.38. The first-order valence-corrected chi connectivity index (χ1v) is 6.80. The van der Waals surface area contributed by atoms with Crippen molar-refractivity contribution in [2.75, 3.05) is 19.8 Å². The molecule has 0 unspecified atom stereocenters. The molecule has 0 aromatic heterocycles. The summed E-state index contributed by atoms with van der Waals surface area (Å²) in [5.41, 5.74) is -0.0753. The fraction of sp³-hybridized carbons (Fsp3) is 0.500. The van der Waals surface area contributed by atoms with E-state index in [1.165, 1.54) is 0 Å². The normalized spacial score (nSPS) is 10.9. The highest BCUT2D eigenvalue weighted by atomic mass is 35.5. The van der Waals surface area contributed by atoms with Gasteiger partial charge >= 0.3 is 0 Å². The zero-order chi connectivity index (χ0) is 15.1. The number of hydrogen-bond acceptors (Lipinski definition) is 2. The molecule has 3 nitrogen and oxygen atoms in total. The predicted molar refractivity (Wildman–Crippen MR) is 74.0 cm³/mol. The maximum Gasteiger partial charge on any atom is 0.252 e. The largest absolute Gasteiger partial charge is 0.381 e. The van der Waals surface area contributed by atoms with Gasteiger partial charge in [-0.25, -0.2) is 8.78 Å². The Hall–Kier alpha value is -1.20. The topological polar surface area (TPSA) is 38.3 Å². The molecule has 1 aromatic rings. The van der Waals surface area contributed by atoms with Crippen LogP contribution in [0.2, 0.25) is 5.02 Å². The highest BCUT2D eigenvalue weighted by molar-refractivity contribution is 6.33. The second-order valence-corrected chi connectivity index (χ2v) is 5.23. The first-order valence-electron chi connectivity index (χ1n) is 6.42. The van der Waals surface area contributed by atoms with Gasteiger partial charge in [0.15, 0.2) is 11.6 Å². The van der Waals surface area contributed by atoms with Gasteiger partial charge in [0.1, 0.15) is 0 Å². The Kier molecular flexibility index (Phi) is 6.88. The fourth-order valence-electron chi connectivity index (χ4n) is 1.49. The van der Waals surface area contributed by atoms with Gasteiger partial charge in [-0.05, 0) is 24.5 Å². The monoisotopic (exact) mass is 305 g/mol. The summed E-state index contributed by atoms with van der Waals surface area (Å²) in [6, 6.07) is 1.58. The van der Waals surface area contributed by atoms with Crippen LogP contribution < -0.4 is 5.32 Å². The molecule has 112 valence electrons. The zero-order valence-corrected chi connectivity index (χ0v) is 12.3. The van der Waals surface area contributed by atoms with Gasteiger partial charge in [0.25, 0.3) is 5.91 Å². The third-order valence-electron chi connectivity index (χ3n) is 2.46. The van der Waals surface area contributed by atoms with Gasteiger partial charge in [-0.15, -0.1) is 0 Å². The molecule has 0 aliphatic carbocycles. The molecule has 1 rings (SSSR count). The molecule has 0 aliphatic rings. The van der Waals surface area contributed by atoms with Crippen molar-refractivity contribution in [1.29, 1.82) is 0 Å². The SMILES string of the molecule is CC(C)COCCCNC(=O)c1cc(F)c(F)cc1Cl. The van der Waals surface area contributed by atoms with Crippen molar-refractivity contribution in [2.24, 2.45) is 5.92 Å². The van der Waals surface area contributed by atoms with Gasteiger partial charge in [0, 0.05) is 19.8 Å². The summed E-state index contributed by atoms with van der Waals surface area (Å²) in [5.74, 6) is -2.24. The number of hydrogen-bond donors (Lipinski definition) is 1. The molecule has 0 bridgehead atoms. The molecule has 0 heterocycles. The van der Waals surface area contributed by atoms with Crippen LogP contribution in [0.4, 0.5) is 8.78 Å². The number of nitrogens with one attached hydrogen (secondary N) is 1. The lowest BCUT2D eigenvalue weighted by Gasteiger charge is -2.09. The Morgan fingerprint density at radius 3 is 2.65 bits per heavy atom. The predicted octanol–water partition coefficient (Wildman–Crippen LogP) is 3.41. The highest BCUT2D eigenvalue weighted by Gasteiger charge is 2.14. The number of carbonyl (C=O) groups is 1. The van der Waals surface area contributed by atoms with E-state index >= 15 is 0 Å². The van der Waals surface area contributed by atoms with E-state index in [-0.39, 0.29) is 10.6 Å². The van der Waals surface area contributed by atoms with E-state index in [2.05, 4.69) is 5.32 Å². The average Bonchev–Trinajstić information content (AvgIpc) is 2.37. The molecule has 0 saturated heterocycles. The smallest absolute Gasteiger partial charge is 0.252 e. The summed E-state index contributed by atoms with van der Waals surface area (Å²) >= 11 is 5.70. The number of rotatable bonds is 7. The number of amides is 1. The molecule has 1 aromatic carbocycles. The summed E-state index contributed by atoms with van der Waals surface area (Å²) in [4.78, 5) is 11.7. The van der Waals surface area contributed by atoms with Crippen LogP contribution in [0.15, 0.2) is 12.1 Å². The first kappa shape index (κ1) is 16.9. The van der Waals surface area contributed by atoms with E-state index in [0.29, 0.717) is 32.1 Å². The van der Waals surface area contributed by atoms with Crippen molar-refractivity contribution in [3.63, 3.8) is 0 Å². The van der Waals surface area contributed by atoms with Crippen molar-refractivity contribution in [1.82, 2.24) is 5.32 Å². The third-order valence-corrected chi connectivity index (χ3v) is 2.77. The lowest BCUT2D eigenvalue weighted by Crippen LogP contribution is -2.26. The van der Waals surface area contributed by atoms with E-state index in [4.69, 9.17) is 16.3 Å². The van der Waals surface area contributed by atoms with Crippen LogP contribution in [-0.2, 0) is 4.74 Å². The summed E-state index contributed by atoms with van der Waals surface area (Å²) in [6.45, 7) is 5.68. The molecule has 1 amide bonds. The summed E-state index contributed by atoms with van der Waals surface area (Å²) in [7, 11) is 0. The van der Waals surface area contributed by atoms with Crippen LogP contribution in [0.3, 0.4) is 0 Å². The van der Waals surface area contributed by atoms with E-state index in [9.17, 15) is 13.6 Å². The molecule has 0 atom stereocenters. The minimum Gasteiger partial charge on any atom is -0.381 e. The molecule has 0 saturated carbocycles. The summed E-state index contributed by atoms with van der Waals surface area (Å²) in [6.07, 6.45) is 0.639. The lowest BCUT2D eigenvalue weighted by molar-refractivity contribution is 0.0924. The number of ether oxygens (including phenoxy) is 1. The van der Waals surface area contributed by atoms with Crippen LogP contribution in [0.25, 0.3) is 0 Å². The molecular weight excluding hydrogens is 288 g/mol. The Morgan fingerprint density at radius 2 is 2.00 bits per heavy atom. The van der Waals surface area contributed by atoms with Gasteiger partial charge in [0.05, 0.1) is 10.6 Å². The zero-order valence-electron chi connectivity index (χ0n) is 11.5. The van der Waals surface area contributed by atoms with Crippen molar-refractivity contribution in [2.45, 2.75) is 20.3 Å². The minimum atomic E-state index is -1.10. The fourth-order valence-corrected chi connectivity index (χ4v) is 1.72. The standard InChI is InChI=1S/C14H18ClF2NO2/c1-9(2)8-20-5-3-4-18-14(19)10-6-12(16)13(17)7-11(10)15/h6-7,9H,3-5,8H2,1-2H3,(H,18,19). The van der Waals surface area contributed by atoms with E-state index in [1.54, 1.807) is 0 Å². The second-order valence-electron chi connectivity index (χ2n) is 4.82. The third kappa shape index (κ3) is 5.43. The van der Waals surface area contributed by atoms with Gasteiger partial charge in [-0.3, -0.25) is 4.79 Å². The van der Waals surface area contributed by atoms with E-state index in [1.807, 2.05) is 13.8 Å². The van der Waals surface area contributed by atoms with Gasteiger partial charge in [-0.2, -0.15) is 0 Å². The molecule has 0 spiro atoms. The Bertz CT molecular complexity index is 467. The molecule has 0 fully saturated rings. The van der Waals surface area contributed by atoms with Crippen molar-refractivity contribution < 1.29 is 18.3 Å². The van der Waals surface area contributed by atoms with Gasteiger partial charge in [0.2, 0.25) is 0 Å². The van der Waals surface area contributed by atoms with E-state index < -0.39 is 17.5 Å². The molecule has 0 radical (unpaired) electrons. The highest BCUT2D eigenvalue weighted by Crippen LogP contribution is 2.19. The second kappa shape index (κ2) is 8.17. The minimum absolute atomic E-state index is 0.0753. The molecule has 1 N–H and O–H groups in total. The van der Waals surface area contributed by atoms with Crippen LogP contribution in [0.1, 0.15) is 30.6 Å². The van der Waals surface area contributed by atoms with E-state index in [0.717, 1.165) is 12.1 Å². The lowest BCUT2D eigenvalue weighted by atomic mass is 10.2. The van der Waals surface area contributed by atoms with Crippen LogP contribution in [-0.4, -0.2) is 25.7 Å². The van der Waals surface area contributed by atoms with Crippen LogP contribution in [0.5, 0.6) is 0 Å². The van der Waals surface area contributed by atoms with Gasteiger partial charge in [-0.1, -0.05) is 25.4 Å². The molecule has 20 heavy (non-hydrogen) atoms. The molecule has 0 aliphatic heterocycles. The van der Waals surface area contributed by atoms with Crippen LogP contribution >= 0.6 is 11.6 Å². The number of halogens is 3. The maximum atomic E-state index is 13.1. The quantitative estimate of drug-likeness (QED) is 0.619. The number of carbonyl (C=O) groups excluding carboxylic acids is 1.